The topological polar surface area (TPSA) is 65.1 Å². The number of esters is 1. The first-order valence-electron chi connectivity index (χ1n) is 11.2. The summed E-state index contributed by atoms with van der Waals surface area (Å²) < 4.78 is 16.8. The highest BCUT2D eigenvalue weighted by Crippen LogP contribution is 2.34. The third-order valence-electron chi connectivity index (χ3n) is 5.78. The number of amides is 1. The molecule has 172 valence electrons. The second-order valence-corrected chi connectivity index (χ2v) is 10.8. The molecular weight excluding hydrogens is 414 g/mol. The standard InChI is InChI=1S/C24H35NO5S/c1-24(2,3)30-23(27)25-15-21(31-20-8-6-5-7-9-20)14-18(25)16-29-19-12-10-17(11-13-19)22(26)28-4/h5-9,17-19,21H,10-16H2,1-4H3/t17?,18-,19?,21-/m0/s1. The molecule has 0 spiro atoms. The maximum atomic E-state index is 12.9. The summed E-state index contributed by atoms with van der Waals surface area (Å²) in [6, 6.07) is 10.3. The molecule has 6 nitrogen and oxygen atoms in total. The molecule has 0 N–H and O–H groups in total. The molecule has 1 heterocycles. The molecule has 0 unspecified atom stereocenters. The number of thioether (sulfide) groups is 1. The molecule has 1 saturated carbocycles. The molecule has 0 aromatic heterocycles. The second kappa shape index (κ2) is 10.7. The van der Waals surface area contributed by atoms with E-state index in [2.05, 4.69) is 12.1 Å². The molecule has 0 bridgehead atoms. The van der Waals surface area contributed by atoms with Crippen molar-refractivity contribution < 1.29 is 23.8 Å². The maximum Gasteiger partial charge on any atom is 0.410 e. The van der Waals surface area contributed by atoms with Gasteiger partial charge in [0.05, 0.1) is 31.8 Å². The summed E-state index contributed by atoms with van der Waals surface area (Å²) >= 11 is 1.81. The first-order valence-corrected chi connectivity index (χ1v) is 12.0. The van der Waals surface area contributed by atoms with Crippen LogP contribution in [0, 0.1) is 5.92 Å². The van der Waals surface area contributed by atoms with E-state index in [4.69, 9.17) is 14.2 Å². The van der Waals surface area contributed by atoms with Crippen molar-refractivity contribution in [1.82, 2.24) is 4.90 Å². The van der Waals surface area contributed by atoms with Crippen molar-refractivity contribution in [2.24, 2.45) is 5.92 Å². The van der Waals surface area contributed by atoms with E-state index in [-0.39, 0.29) is 30.1 Å². The molecule has 31 heavy (non-hydrogen) atoms. The molecule has 1 aromatic carbocycles. The van der Waals surface area contributed by atoms with Crippen LogP contribution in [0.1, 0.15) is 52.9 Å². The molecule has 2 aliphatic rings. The Labute approximate surface area is 190 Å². The van der Waals surface area contributed by atoms with Gasteiger partial charge in [-0.15, -0.1) is 11.8 Å². The third kappa shape index (κ3) is 7.14. The van der Waals surface area contributed by atoms with Gasteiger partial charge in [-0.25, -0.2) is 4.79 Å². The van der Waals surface area contributed by atoms with Crippen LogP contribution in [-0.2, 0) is 19.0 Å². The Bertz CT molecular complexity index is 727. The van der Waals surface area contributed by atoms with Gasteiger partial charge in [-0.3, -0.25) is 4.79 Å². The number of hydrogen-bond acceptors (Lipinski definition) is 6. The Balaban J connectivity index is 1.57. The predicted octanol–water partition coefficient (Wildman–Crippen LogP) is 4.91. The zero-order valence-corrected chi connectivity index (χ0v) is 19.9. The molecule has 2 fully saturated rings. The first kappa shape index (κ1) is 23.9. The van der Waals surface area contributed by atoms with Gasteiger partial charge in [0.1, 0.15) is 5.60 Å². The summed E-state index contributed by atoms with van der Waals surface area (Å²) in [5.74, 6) is -0.132. The smallest absolute Gasteiger partial charge is 0.410 e. The van der Waals surface area contributed by atoms with Crippen LogP contribution < -0.4 is 0 Å². The number of likely N-dealkylation sites (tertiary alicyclic amines) is 1. The first-order chi connectivity index (χ1) is 14.7. The highest BCUT2D eigenvalue weighted by molar-refractivity contribution is 8.00. The SMILES string of the molecule is COC(=O)C1CCC(OC[C@@H]2C[C@H](Sc3ccccc3)CN2C(=O)OC(C)(C)C)CC1. The van der Waals surface area contributed by atoms with Crippen LogP contribution in [0.2, 0.25) is 0 Å². The van der Waals surface area contributed by atoms with Gasteiger partial charge in [0.25, 0.3) is 0 Å². The van der Waals surface area contributed by atoms with Crippen molar-refractivity contribution >= 4 is 23.8 Å². The minimum Gasteiger partial charge on any atom is -0.469 e. The zero-order chi connectivity index (χ0) is 22.4. The molecule has 7 heteroatoms. The third-order valence-corrected chi connectivity index (χ3v) is 7.00. The summed E-state index contributed by atoms with van der Waals surface area (Å²) in [4.78, 5) is 27.6. The Hall–Kier alpha value is -1.73. The van der Waals surface area contributed by atoms with E-state index in [0.29, 0.717) is 18.4 Å². The van der Waals surface area contributed by atoms with Crippen molar-refractivity contribution in [3.8, 4) is 0 Å². The van der Waals surface area contributed by atoms with Crippen molar-refractivity contribution in [2.75, 3.05) is 20.3 Å². The van der Waals surface area contributed by atoms with Crippen LogP contribution in [0.15, 0.2) is 35.2 Å². The lowest BCUT2D eigenvalue weighted by Gasteiger charge is -2.31. The predicted molar refractivity (Wildman–Crippen MR) is 121 cm³/mol. The van der Waals surface area contributed by atoms with Gasteiger partial charge < -0.3 is 19.1 Å². The summed E-state index contributed by atoms with van der Waals surface area (Å²) in [5, 5.41) is 0.304. The van der Waals surface area contributed by atoms with Crippen molar-refractivity contribution in [3.63, 3.8) is 0 Å². The van der Waals surface area contributed by atoms with E-state index in [1.165, 1.54) is 12.0 Å². The average molecular weight is 450 g/mol. The molecular formula is C24H35NO5S. The van der Waals surface area contributed by atoms with E-state index < -0.39 is 5.60 Å². The Morgan fingerprint density at radius 3 is 2.39 bits per heavy atom. The maximum absolute atomic E-state index is 12.9. The minimum absolute atomic E-state index is 0.00519. The van der Waals surface area contributed by atoms with Gasteiger partial charge in [-0.05, 0) is 65.0 Å². The molecule has 1 aromatic rings. The van der Waals surface area contributed by atoms with Crippen molar-refractivity contribution in [1.29, 1.82) is 0 Å². The quantitative estimate of drug-likeness (QED) is 0.575. The summed E-state index contributed by atoms with van der Waals surface area (Å²) in [6.07, 6.45) is 4.02. The Morgan fingerprint density at radius 2 is 1.77 bits per heavy atom. The van der Waals surface area contributed by atoms with Crippen LogP contribution in [0.25, 0.3) is 0 Å². The fourth-order valence-corrected chi connectivity index (χ4v) is 5.48. The van der Waals surface area contributed by atoms with Gasteiger partial charge in [-0.1, -0.05) is 18.2 Å². The number of carbonyl (C=O) groups is 2. The van der Waals surface area contributed by atoms with Crippen LogP contribution >= 0.6 is 11.8 Å². The zero-order valence-electron chi connectivity index (χ0n) is 19.0. The monoisotopic (exact) mass is 449 g/mol. The summed E-state index contributed by atoms with van der Waals surface area (Å²) in [7, 11) is 1.44. The van der Waals surface area contributed by atoms with E-state index in [1.54, 1.807) is 11.8 Å². The number of ether oxygens (including phenoxy) is 3. The van der Waals surface area contributed by atoms with Crippen LogP contribution in [0.3, 0.4) is 0 Å². The number of hydrogen-bond donors (Lipinski definition) is 0. The number of nitrogens with zero attached hydrogens (tertiary/aromatic N) is 1. The lowest BCUT2D eigenvalue weighted by molar-refractivity contribution is -0.147. The van der Waals surface area contributed by atoms with Gasteiger partial charge in [0.15, 0.2) is 0 Å². The molecule has 1 aliphatic heterocycles. The van der Waals surface area contributed by atoms with Crippen LogP contribution in [0.4, 0.5) is 4.79 Å². The fourth-order valence-electron chi connectivity index (χ4n) is 4.23. The van der Waals surface area contributed by atoms with Gasteiger partial charge in [0, 0.05) is 16.7 Å². The lowest BCUT2D eigenvalue weighted by Crippen LogP contribution is -2.42. The van der Waals surface area contributed by atoms with E-state index >= 15 is 0 Å². The van der Waals surface area contributed by atoms with Crippen LogP contribution in [0.5, 0.6) is 0 Å². The normalized spacial score (nSPS) is 26.5. The Morgan fingerprint density at radius 1 is 1.10 bits per heavy atom. The van der Waals surface area contributed by atoms with Crippen LogP contribution in [-0.4, -0.2) is 60.2 Å². The minimum atomic E-state index is -0.528. The highest BCUT2D eigenvalue weighted by atomic mass is 32.2. The molecule has 1 saturated heterocycles. The summed E-state index contributed by atoms with van der Waals surface area (Å²) in [6.45, 7) is 6.82. The number of methoxy groups -OCH3 is 1. The Kier molecular flexibility index (Phi) is 8.28. The molecule has 3 rings (SSSR count). The van der Waals surface area contributed by atoms with Gasteiger partial charge in [-0.2, -0.15) is 0 Å². The lowest BCUT2D eigenvalue weighted by atomic mass is 9.87. The number of rotatable bonds is 6. The van der Waals surface area contributed by atoms with E-state index in [0.717, 1.165) is 32.1 Å². The largest absolute Gasteiger partial charge is 0.469 e. The highest BCUT2D eigenvalue weighted by Gasteiger charge is 2.39. The molecule has 2 atom stereocenters. The van der Waals surface area contributed by atoms with Gasteiger partial charge >= 0.3 is 12.1 Å². The second-order valence-electron chi connectivity index (χ2n) is 9.41. The summed E-state index contributed by atoms with van der Waals surface area (Å²) in [5.41, 5.74) is -0.528. The molecule has 1 aliphatic carbocycles. The molecule has 1 amide bonds. The number of benzene rings is 1. The molecule has 0 radical (unpaired) electrons. The van der Waals surface area contributed by atoms with Crippen molar-refractivity contribution in [3.05, 3.63) is 30.3 Å². The fraction of sp³-hybridized carbons (Fsp3) is 0.667. The van der Waals surface area contributed by atoms with Crippen molar-refractivity contribution in [2.45, 2.75) is 80.8 Å². The average Bonchev–Trinajstić information content (AvgIpc) is 3.14. The van der Waals surface area contributed by atoms with Gasteiger partial charge in [0.2, 0.25) is 0 Å². The number of carbonyl (C=O) groups excluding carboxylic acids is 2. The van der Waals surface area contributed by atoms with E-state index in [9.17, 15) is 9.59 Å². The van der Waals surface area contributed by atoms with E-state index in [1.807, 2.05) is 43.9 Å².